The summed E-state index contributed by atoms with van der Waals surface area (Å²) in [5.74, 6) is -3.26. The first-order valence-corrected chi connectivity index (χ1v) is 10.8. The largest absolute Gasteiger partial charge is 0.477 e. The lowest BCUT2D eigenvalue weighted by molar-refractivity contribution is -0.0209. The molecule has 1 aromatic heterocycles. The molecule has 1 aromatic carbocycles. The van der Waals surface area contributed by atoms with Crippen LogP contribution in [0.4, 0.5) is 14.5 Å². The standard InChI is InChI=1S/C22H25F2N3O5/c23-16-9-14-18(27(13-1-2-13)10-15(20(14)28)21(29)30)17(24)19(16)26-4-3-22(31,12-26)11-25-5-7-32-8-6-25/h9-10,13,31H,1-8,11-12H2,(H,29,30). The van der Waals surface area contributed by atoms with Crippen molar-refractivity contribution < 1.29 is 28.5 Å². The van der Waals surface area contributed by atoms with Crippen molar-refractivity contribution in [2.45, 2.75) is 30.9 Å². The molecule has 32 heavy (non-hydrogen) atoms. The number of aliphatic hydroxyl groups is 1. The Morgan fingerprint density at radius 2 is 1.94 bits per heavy atom. The molecule has 2 N–H and O–H groups in total. The zero-order valence-corrected chi connectivity index (χ0v) is 17.5. The highest BCUT2D eigenvalue weighted by Gasteiger charge is 2.40. The zero-order valence-electron chi connectivity index (χ0n) is 17.5. The molecule has 1 atom stereocenters. The number of rotatable bonds is 5. The fourth-order valence-electron chi connectivity index (χ4n) is 4.87. The van der Waals surface area contributed by atoms with Crippen molar-refractivity contribution in [3.63, 3.8) is 0 Å². The van der Waals surface area contributed by atoms with Crippen molar-refractivity contribution in [1.29, 1.82) is 0 Å². The zero-order chi connectivity index (χ0) is 22.6. The molecule has 1 aliphatic carbocycles. The molecule has 10 heteroatoms. The van der Waals surface area contributed by atoms with Crippen LogP contribution in [0, 0.1) is 11.6 Å². The molecule has 172 valence electrons. The summed E-state index contributed by atoms with van der Waals surface area (Å²) in [6, 6.07) is 0.807. The Bertz CT molecular complexity index is 1140. The molecule has 2 aromatic rings. The number of aromatic nitrogens is 1. The number of hydrogen-bond donors (Lipinski definition) is 2. The van der Waals surface area contributed by atoms with E-state index < -0.39 is 34.2 Å². The van der Waals surface area contributed by atoms with Crippen LogP contribution in [0.3, 0.4) is 0 Å². The highest BCUT2D eigenvalue weighted by Crippen LogP contribution is 2.40. The van der Waals surface area contributed by atoms with Crippen molar-refractivity contribution in [3.05, 3.63) is 39.7 Å². The number of carboxylic acid groups (broad SMARTS) is 1. The summed E-state index contributed by atoms with van der Waals surface area (Å²) in [5, 5.41) is 20.2. The highest BCUT2D eigenvalue weighted by atomic mass is 19.1. The van der Waals surface area contributed by atoms with Crippen LogP contribution >= 0.6 is 0 Å². The summed E-state index contributed by atoms with van der Waals surface area (Å²) in [4.78, 5) is 27.7. The summed E-state index contributed by atoms with van der Waals surface area (Å²) >= 11 is 0. The van der Waals surface area contributed by atoms with Gasteiger partial charge in [0, 0.05) is 45.0 Å². The van der Waals surface area contributed by atoms with Crippen LogP contribution in [0.25, 0.3) is 10.9 Å². The third-order valence-electron chi connectivity index (χ3n) is 6.62. The van der Waals surface area contributed by atoms with Gasteiger partial charge >= 0.3 is 5.97 Å². The average molecular weight is 449 g/mol. The number of nitrogens with zero attached hydrogens (tertiary/aromatic N) is 3. The number of fused-ring (bicyclic) bond motifs is 1. The lowest BCUT2D eigenvalue weighted by atomic mass is 10.0. The van der Waals surface area contributed by atoms with Gasteiger partial charge in [-0.3, -0.25) is 9.69 Å². The van der Waals surface area contributed by atoms with Gasteiger partial charge in [0.25, 0.3) is 0 Å². The lowest BCUT2D eigenvalue weighted by Crippen LogP contribution is -2.49. The Balaban J connectivity index is 1.54. The molecular formula is C22H25F2N3O5. The fraction of sp³-hybridized carbons (Fsp3) is 0.545. The van der Waals surface area contributed by atoms with E-state index in [1.54, 1.807) is 0 Å². The second kappa shape index (κ2) is 7.79. The van der Waals surface area contributed by atoms with Crippen LogP contribution in [0.5, 0.6) is 0 Å². The van der Waals surface area contributed by atoms with E-state index in [9.17, 15) is 19.8 Å². The summed E-state index contributed by atoms with van der Waals surface area (Å²) in [5.41, 5.74) is -2.89. The van der Waals surface area contributed by atoms with Crippen LogP contribution in [0.2, 0.25) is 0 Å². The van der Waals surface area contributed by atoms with E-state index in [1.807, 2.05) is 0 Å². The number of aromatic carboxylic acids is 1. The normalized spacial score (nSPS) is 24.4. The molecule has 3 heterocycles. The molecular weight excluding hydrogens is 424 g/mol. The van der Waals surface area contributed by atoms with Gasteiger partial charge in [-0.25, -0.2) is 13.6 Å². The van der Waals surface area contributed by atoms with Crippen LogP contribution in [-0.4, -0.2) is 77.2 Å². The van der Waals surface area contributed by atoms with Crippen molar-refractivity contribution in [2.75, 3.05) is 50.8 Å². The molecule has 1 saturated carbocycles. The number of pyridine rings is 1. The predicted octanol–water partition coefficient (Wildman–Crippen LogP) is 1.59. The molecule has 3 fully saturated rings. The molecule has 3 aliphatic rings. The van der Waals surface area contributed by atoms with Gasteiger partial charge in [-0.05, 0) is 25.3 Å². The van der Waals surface area contributed by atoms with Gasteiger partial charge in [0.2, 0.25) is 5.43 Å². The van der Waals surface area contributed by atoms with Crippen molar-refractivity contribution >= 4 is 22.6 Å². The second-order valence-electron chi connectivity index (χ2n) is 9.02. The number of anilines is 1. The molecule has 8 nitrogen and oxygen atoms in total. The van der Waals surface area contributed by atoms with Gasteiger partial charge in [0.15, 0.2) is 5.82 Å². The summed E-state index contributed by atoms with van der Waals surface area (Å²) < 4.78 is 37.7. The van der Waals surface area contributed by atoms with Crippen LogP contribution < -0.4 is 10.3 Å². The number of morpholine rings is 1. The third kappa shape index (κ3) is 3.66. The Labute approximate surface area is 182 Å². The van der Waals surface area contributed by atoms with Crippen molar-refractivity contribution in [2.24, 2.45) is 0 Å². The minimum Gasteiger partial charge on any atom is -0.477 e. The van der Waals surface area contributed by atoms with E-state index >= 15 is 8.78 Å². The number of carboxylic acids is 1. The highest BCUT2D eigenvalue weighted by molar-refractivity contribution is 5.94. The second-order valence-corrected chi connectivity index (χ2v) is 9.02. The Morgan fingerprint density at radius 3 is 2.59 bits per heavy atom. The molecule has 2 saturated heterocycles. The van der Waals surface area contributed by atoms with E-state index in [2.05, 4.69) is 4.90 Å². The first-order chi connectivity index (χ1) is 15.3. The third-order valence-corrected chi connectivity index (χ3v) is 6.62. The van der Waals surface area contributed by atoms with Gasteiger partial charge < -0.3 is 24.4 Å². The van der Waals surface area contributed by atoms with Crippen LogP contribution in [-0.2, 0) is 4.74 Å². The lowest BCUT2D eigenvalue weighted by Gasteiger charge is -2.33. The topological polar surface area (TPSA) is 95.2 Å². The van der Waals surface area contributed by atoms with Crippen LogP contribution in [0.15, 0.2) is 17.1 Å². The molecule has 0 bridgehead atoms. The molecule has 1 unspecified atom stereocenters. The minimum absolute atomic E-state index is 0.0601. The predicted molar refractivity (Wildman–Crippen MR) is 112 cm³/mol. The molecule has 0 radical (unpaired) electrons. The van der Waals surface area contributed by atoms with E-state index in [-0.39, 0.29) is 35.7 Å². The number of ether oxygens (including phenoxy) is 1. The summed E-state index contributed by atoms with van der Waals surface area (Å²) in [6.45, 7) is 3.28. The molecule has 0 amide bonds. The van der Waals surface area contributed by atoms with Gasteiger partial charge in [0.05, 0.1) is 29.7 Å². The summed E-state index contributed by atoms with van der Waals surface area (Å²) in [7, 11) is 0. The number of halogens is 2. The van der Waals surface area contributed by atoms with E-state index in [4.69, 9.17) is 4.74 Å². The van der Waals surface area contributed by atoms with Crippen LogP contribution in [0.1, 0.15) is 35.7 Å². The molecule has 2 aliphatic heterocycles. The molecule has 5 rings (SSSR count). The van der Waals surface area contributed by atoms with Gasteiger partial charge in [-0.2, -0.15) is 0 Å². The van der Waals surface area contributed by atoms with E-state index in [0.29, 0.717) is 39.3 Å². The Morgan fingerprint density at radius 1 is 1.22 bits per heavy atom. The van der Waals surface area contributed by atoms with Crippen molar-refractivity contribution in [3.8, 4) is 0 Å². The molecule has 0 spiro atoms. The van der Waals surface area contributed by atoms with Gasteiger partial charge in [0.1, 0.15) is 17.1 Å². The Kier molecular flexibility index (Phi) is 5.18. The monoisotopic (exact) mass is 449 g/mol. The van der Waals surface area contributed by atoms with Crippen molar-refractivity contribution in [1.82, 2.24) is 9.47 Å². The number of carbonyl (C=O) groups is 1. The maximum atomic E-state index is 15.8. The van der Waals surface area contributed by atoms with Gasteiger partial charge in [-0.15, -0.1) is 0 Å². The van der Waals surface area contributed by atoms with E-state index in [0.717, 1.165) is 25.1 Å². The Hall–Kier alpha value is -2.56. The number of benzene rings is 1. The smallest absolute Gasteiger partial charge is 0.341 e. The first kappa shape index (κ1) is 21.3. The number of hydrogen-bond acceptors (Lipinski definition) is 6. The van der Waals surface area contributed by atoms with Gasteiger partial charge in [-0.1, -0.05) is 0 Å². The SMILES string of the molecule is O=C(O)c1cn(C2CC2)c2c(F)c(N3CCC(O)(CN4CCOCC4)C3)c(F)cc2c1=O. The minimum atomic E-state index is -1.43. The number of β-amino-alcohol motifs (C(OH)–C–C–N with tert-alkyl or cyclic N) is 1. The summed E-state index contributed by atoms with van der Waals surface area (Å²) in [6.07, 6.45) is 2.97. The average Bonchev–Trinajstić information content (AvgIpc) is 3.52. The first-order valence-electron chi connectivity index (χ1n) is 10.8. The maximum Gasteiger partial charge on any atom is 0.341 e. The maximum absolute atomic E-state index is 15.8. The fourth-order valence-corrected chi connectivity index (χ4v) is 4.87. The quantitative estimate of drug-likeness (QED) is 0.716. The van der Waals surface area contributed by atoms with E-state index in [1.165, 1.54) is 9.47 Å².